The highest BCUT2D eigenvalue weighted by Gasteiger charge is 2.45. The van der Waals surface area contributed by atoms with E-state index in [2.05, 4.69) is 50.9 Å². The highest BCUT2D eigenvalue weighted by atomic mass is 28.4. The maximum Gasteiger partial charge on any atom is 0.176 e. The van der Waals surface area contributed by atoms with Gasteiger partial charge in [-0.2, -0.15) is 0 Å². The van der Waals surface area contributed by atoms with Gasteiger partial charge in [-0.25, -0.2) is 0 Å². The second-order valence-electron chi connectivity index (χ2n) is 8.18. The number of rotatable bonds is 3. The van der Waals surface area contributed by atoms with Gasteiger partial charge in [0, 0.05) is 0 Å². The van der Waals surface area contributed by atoms with Crippen molar-refractivity contribution in [2.75, 3.05) is 0 Å². The van der Waals surface area contributed by atoms with Crippen molar-refractivity contribution >= 4 is 18.1 Å². The van der Waals surface area contributed by atoms with Crippen molar-refractivity contribution in [2.24, 2.45) is 29.6 Å². The molecule has 6 atom stereocenters. The van der Waals surface area contributed by atoms with Crippen molar-refractivity contribution in [1.82, 2.24) is 0 Å². The van der Waals surface area contributed by atoms with Gasteiger partial charge in [0.25, 0.3) is 0 Å². The van der Waals surface area contributed by atoms with Gasteiger partial charge in [0.15, 0.2) is 8.32 Å². The fourth-order valence-corrected chi connectivity index (χ4v) is 11.1. The first-order valence-electron chi connectivity index (χ1n) is 9.00. The Morgan fingerprint density at radius 3 is 1.86 bits per heavy atom. The van der Waals surface area contributed by atoms with E-state index in [1.54, 1.807) is 0 Å². The molecule has 0 heterocycles. The van der Waals surface area contributed by atoms with Crippen molar-refractivity contribution in [3.63, 3.8) is 0 Å². The van der Waals surface area contributed by atoms with Crippen LogP contribution in [0.15, 0.2) is 24.3 Å². The van der Waals surface area contributed by atoms with Gasteiger partial charge in [-0.3, -0.25) is 0 Å². The van der Waals surface area contributed by atoms with E-state index in [0.717, 1.165) is 35.1 Å². The molecule has 4 aliphatic carbocycles. The van der Waals surface area contributed by atoms with Gasteiger partial charge in [0.05, 0.1) is 0 Å². The number of fused-ring (bicyclic) bond motifs is 4. The molecule has 0 aliphatic heterocycles. The summed E-state index contributed by atoms with van der Waals surface area (Å²) < 4.78 is 6.11. The standard InChI is InChI=1S/C10H20OSi2.C8H12/c1-12-11-13(2,3)10-7-8-4-5-9(10)6-8;1-6-4-7-2-3-8(6)5-7/h4-5,8-10H,6-7,12H2,1-3H3;2-3,6-8H,4-5H2,1H3. The summed E-state index contributed by atoms with van der Waals surface area (Å²) in [5.74, 6) is 4.70. The Kier molecular flexibility index (Phi) is 4.63. The molecule has 0 radical (unpaired) electrons. The predicted molar refractivity (Wildman–Crippen MR) is 96.6 cm³/mol. The Morgan fingerprint density at radius 1 is 0.905 bits per heavy atom. The Bertz CT molecular complexity index is 429. The highest BCUT2D eigenvalue weighted by Crippen LogP contribution is 2.51. The number of hydrogen-bond donors (Lipinski definition) is 0. The summed E-state index contributed by atoms with van der Waals surface area (Å²) in [5.41, 5.74) is 0.926. The average molecular weight is 321 g/mol. The summed E-state index contributed by atoms with van der Waals surface area (Å²) in [6.45, 7) is 9.47. The quantitative estimate of drug-likeness (QED) is 0.548. The van der Waals surface area contributed by atoms with Crippen LogP contribution >= 0.6 is 0 Å². The van der Waals surface area contributed by atoms with Crippen molar-refractivity contribution < 1.29 is 4.12 Å². The third-order valence-corrected chi connectivity index (χ3v) is 12.9. The van der Waals surface area contributed by atoms with Crippen molar-refractivity contribution in [1.29, 1.82) is 0 Å². The molecule has 0 aromatic carbocycles. The molecule has 118 valence electrons. The molecular weight excluding hydrogens is 288 g/mol. The highest BCUT2D eigenvalue weighted by molar-refractivity contribution is 6.76. The lowest BCUT2D eigenvalue weighted by molar-refractivity contribution is 0.493. The van der Waals surface area contributed by atoms with Crippen LogP contribution in [0.4, 0.5) is 0 Å². The Balaban J connectivity index is 0.000000140. The molecule has 0 aromatic heterocycles. The minimum atomic E-state index is -1.31. The van der Waals surface area contributed by atoms with E-state index >= 15 is 0 Å². The average Bonchev–Trinajstić information content (AvgIpc) is 3.19. The number of hydrogen-bond acceptors (Lipinski definition) is 1. The lowest BCUT2D eigenvalue weighted by Crippen LogP contribution is -2.39. The molecule has 4 bridgehead atoms. The van der Waals surface area contributed by atoms with Gasteiger partial charge in [-0.15, -0.1) is 0 Å². The molecule has 0 spiro atoms. The first kappa shape index (κ1) is 15.8. The van der Waals surface area contributed by atoms with Crippen LogP contribution in [0.5, 0.6) is 0 Å². The third-order valence-electron chi connectivity index (χ3n) is 6.30. The van der Waals surface area contributed by atoms with E-state index in [0.29, 0.717) is 0 Å². The monoisotopic (exact) mass is 320 g/mol. The maximum atomic E-state index is 6.11. The van der Waals surface area contributed by atoms with E-state index in [4.69, 9.17) is 4.12 Å². The zero-order valence-corrected chi connectivity index (χ0v) is 16.6. The SMILES string of the molecule is CC1CC2C=CC1C2.C[SiH2]O[Si](C)(C)C1CC2C=CC1C2. The minimum Gasteiger partial charge on any atom is -0.461 e. The second kappa shape index (κ2) is 6.17. The Hall–Kier alpha value is -0.126. The van der Waals surface area contributed by atoms with Crippen LogP contribution in [0.25, 0.3) is 0 Å². The lowest BCUT2D eigenvalue weighted by atomic mass is 9.96. The first-order chi connectivity index (χ1) is 9.99. The molecule has 0 aromatic rings. The molecule has 0 N–H and O–H groups in total. The van der Waals surface area contributed by atoms with Crippen molar-refractivity contribution in [2.45, 2.75) is 57.8 Å². The third kappa shape index (κ3) is 3.30. The maximum absolute atomic E-state index is 6.11. The van der Waals surface area contributed by atoms with E-state index in [1.807, 2.05) is 0 Å². The van der Waals surface area contributed by atoms with Crippen molar-refractivity contribution in [3.05, 3.63) is 24.3 Å². The van der Waals surface area contributed by atoms with Gasteiger partial charge < -0.3 is 4.12 Å². The van der Waals surface area contributed by atoms with E-state index < -0.39 is 8.32 Å². The molecule has 3 heteroatoms. The Morgan fingerprint density at radius 2 is 1.52 bits per heavy atom. The Labute approximate surface area is 134 Å². The molecule has 0 saturated heterocycles. The molecule has 4 rings (SSSR count). The minimum absolute atomic E-state index is 0.202. The first-order valence-corrected chi connectivity index (χ1v) is 14.0. The van der Waals surface area contributed by atoms with Gasteiger partial charge in [0.1, 0.15) is 9.76 Å². The second-order valence-corrected chi connectivity index (χ2v) is 13.9. The van der Waals surface area contributed by atoms with Crippen LogP contribution in [0, 0.1) is 29.6 Å². The molecule has 1 nitrogen and oxygen atoms in total. The van der Waals surface area contributed by atoms with E-state index in [9.17, 15) is 0 Å². The smallest absolute Gasteiger partial charge is 0.176 e. The van der Waals surface area contributed by atoms with Crippen molar-refractivity contribution in [3.8, 4) is 0 Å². The zero-order valence-electron chi connectivity index (χ0n) is 14.2. The molecule has 6 unspecified atom stereocenters. The van der Waals surface area contributed by atoms with Crippen LogP contribution in [0.3, 0.4) is 0 Å². The summed E-state index contributed by atoms with van der Waals surface area (Å²) in [5, 5.41) is 0. The topological polar surface area (TPSA) is 9.23 Å². The normalized spacial score (nSPS) is 43.0. The molecule has 21 heavy (non-hydrogen) atoms. The van der Waals surface area contributed by atoms with Crippen LogP contribution in [0.1, 0.15) is 32.6 Å². The summed E-state index contributed by atoms with van der Waals surface area (Å²) in [6.07, 6.45) is 15.4. The van der Waals surface area contributed by atoms with Gasteiger partial charge in [0.2, 0.25) is 0 Å². The van der Waals surface area contributed by atoms with Gasteiger partial charge >= 0.3 is 0 Å². The fraction of sp³-hybridized carbons (Fsp3) is 0.778. The van der Waals surface area contributed by atoms with E-state index in [1.165, 1.54) is 25.7 Å². The molecule has 2 saturated carbocycles. The molecular formula is C18H32OSi2. The predicted octanol–water partition coefficient (Wildman–Crippen LogP) is 4.52. The zero-order chi connectivity index (χ0) is 15.0. The summed E-state index contributed by atoms with van der Waals surface area (Å²) in [6, 6.07) is 0. The summed E-state index contributed by atoms with van der Waals surface area (Å²) in [4.78, 5) is 0. The lowest BCUT2D eigenvalue weighted by Gasteiger charge is -2.33. The van der Waals surface area contributed by atoms with E-state index in [-0.39, 0.29) is 9.76 Å². The van der Waals surface area contributed by atoms with Crippen LogP contribution in [-0.4, -0.2) is 18.1 Å². The molecule has 2 fully saturated rings. The fourth-order valence-electron chi connectivity index (χ4n) is 5.11. The molecule has 4 aliphatic rings. The van der Waals surface area contributed by atoms with Gasteiger partial charge in [-0.05, 0) is 73.9 Å². The largest absolute Gasteiger partial charge is 0.461 e. The van der Waals surface area contributed by atoms with Crippen LogP contribution in [-0.2, 0) is 4.12 Å². The van der Waals surface area contributed by atoms with Gasteiger partial charge in [-0.1, -0.05) is 37.8 Å². The van der Waals surface area contributed by atoms with Crippen LogP contribution < -0.4 is 0 Å². The summed E-state index contributed by atoms with van der Waals surface area (Å²) in [7, 11) is -1.52. The van der Waals surface area contributed by atoms with Crippen LogP contribution in [0.2, 0.25) is 25.2 Å². The molecule has 0 amide bonds. The summed E-state index contributed by atoms with van der Waals surface area (Å²) >= 11 is 0. The number of allylic oxidation sites excluding steroid dienone is 4.